The Morgan fingerprint density at radius 1 is 1.33 bits per heavy atom. The van der Waals surface area contributed by atoms with Gasteiger partial charge in [-0.2, -0.15) is 0 Å². The summed E-state index contributed by atoms with van der Waals surface area (Å²) in [5, 5.41) is 0. The number of rotatable bonds is 4. The predicted molar refractivity (Wildman–Crippen MR) is 63.9 cm³/mol. The Morgan fingerprint density at radius 3 is 2.47 bits per heavy atom. The standard InChI is InChI=1S/C13H25NO/c1-5-14(6-2)10-11-9-12(15)7-8-13(11,3)4/h11H,5-10H2,1-4H3. The zero-order chi connectivity index (χ0) is 11.5. The Labute approximate surface area is 94.0 Å². The Bertz CT molecular complexity index is 219. The molecule has 0 spiro atoms. The van der Waals surface area contributed by atoms with Gasteiger partial charge in [-0.15, -0.1) is 0 Å². The number of ketones is 1. The monoisotopic (exact) mass is 211 g/mol. The van der Waals surface area contributed by atoms with E-state index in [4.69, 9.17) is 0 Å². The summed E-state index contributed by atoms with van der Waals surface area (Å²) in [6, 6.07) is 0. The summed E-state index contributed by atoms with van der Waals surface area (Å²) >= 11 is 0. The Balaban J connectivity index is 2.60. The second-order valence-electron chi connectivity index (χ2n) is 5.41. The zero-order valence-corrected chi connectivity index (χ0v) is 10.7. The number of carbonyl (C=O) groups is 1. The summed E-state index contributed by atoms with van der Waals surface area (Å²) < 4.78 is 0. The molecule has 0 N–H and O–H groups in total. The molecular weight excluding hydrogens is 186 g/mol. The number of carbonyl (C=O) groups excluding carboxylic acids is 1. The van der Waals surface area contributed by atoms with E-state index in [9.17, 15) is 4.79 Å². The van der Waals surface area contributed by atoms with Gasteiger partial charge in [-0.3, -0.25) is 4.79 Å². The van der Waals surface area contributed by atoms with Gasteiger partial charge in [-0.05, 0) is 30.8 Å². The van der Waals surface area contributed by atoms with Crippen molar-refractivity contribution in [2.75, 3.05) is 19.6 Å². The smallest absolute Gasteiger partial charge is 0.133 e. The number of hydrogen-bond donors (Lipinski definition) is 0. The van der Waals surface area contributed by atoms with E-state index in [-0.39, 0.29) is 0 Å². The van der Waals surface area contributed by atoms with Crippen molar-refractivity contribution in [3.63, 3.8) is 0 Å². The van der Waals surface area contributed by atoms with E-state index in [0.717, 1.165) is 38.9 Å². The number of nitrogens with zero attached hydrogens (tertiary/aromatic N) is 1. The zero-order valence-electron chi connectivity index (χ0n) is 10.7. The molecule has 0 aromatic heterocycles. The minimum atomic E-state index is 0.344. The SMILES string of the molecule is CCN(CC)CC1CC(=O)CCC1(C)C. The maximum Gasteiger partial charge on any atom is 0.133 e. The molecule has 0 amide bonds. The number of hydrogen-bond acceptors (Lipinski definition) is 2. The molecule has 1 unspecified atom stereocenters. The molecule has 2 heteroatoms. The van der Waals surface area contributed by atoms with Crippen molar-refractivity contribution in [2.24, 2.45) is 11.3 Å². The van der Waals surface area contributed by atoms with Crippen molar-refractivity contribution in [3.8, 4) is 0 Å². The van der Waals surface area contributed by atoms with Gasteiger partial charge in [0.05, 0.1) is 0 Å². The van der Waals surface area contributed by atoms with Crippen LogP contribution in [0.4, 0.5) is 0 Å². The van der Waals surface area contributed by atoms with Gasteiger partial charge in [0.15, 0.2) is 0 Å². The van der Waals surface area contributed by atoms with Crippen LogP contribution in [0.3, 0.4) is 0 Å². The van der Waals surface area contributed by atoms with Crippen LogP contribution in [0.25, 0.3) is 0 Å². The normalized spacial score (nSPS) is 25.9. The highest BCUT2D eigenvalue weighted by molar-refractivity contribution is 5.79. The molecule has 0 aromatic carbocycles. The lowest BCUT2D eigenvalue weighted by Crippen LogP contribution is -2.40. The van der Waals surface area contributed by atoms with Crippen molar-refractivity contribution in [1.82, 2.24) is 4.90 Å². The van der Waals surface area contributed by atoms with Crippen molar-refractivity contribution >= 4 is 5.78 Å². The summed E-state index contributed by atoms with van der Waals surface area (Å²) in [6.45, 7) is 12.3. The van der Waals surface area contributed by atoms with Gasteiger partial charge in [0, 0.05) is 19.4 Å². The summed E-state index contributed by atoms with van der Waals surface area (Å²) in [6.07, 6.45) is 2.66. The van der Waals surface area contributed by atoms with E-state index < -0.39 is 0 Å². The maximum absolute atomic E-state index is 11.5. The summed E-state index contributed by atoms with van der Waals surface area (Å²) in [5.74, 6) is 1.02. The van der Waals surface area contributed by atoms with Crippen LogP contribution in [0.15, 0.2) is 0 Å². The average Bonchev–Trinajstić information content (AvgIpc) is 2.19. The van der Waals surface area contributed by atoms with Crippen LogP contribution < -0.4 is 0 Å². The Morgan fingerprint density at radius 2 is 1.93 bits per heavy atom. The molecule has 1 atom stereocenters. The average molecular weight is 211 g/mol. The molecule has 88 valence electrons. The van der Waals surface area contributed by atoms with Gasteiger partial charge in [0.25, 0.3) is 0 Å². The Hall–Kier alpha value is -0.370. The first-order valence-electron chi connectivity index (χ1n) is 6.23. The van der Waals surface area contributed by atoms with Crippen LogP contribution in [0.5, 0.6) is 0 Å². The van der Waals surface area contributed by atoms with Crippen LogP contribution in [0, 0.1) is 11.3 Å². The van der Waals surface area contributed by atoms with Crippen molar-refractivity contribution in [1.29, 1.82) is 0 Å². The van der Waals surface area contributed by atoms with Crippen LogP contribution in [-0.2, 0) is 4.79 Å². The van der Waals surface area contributed by atoms with Crippen LogP contribution in [-0.4, -0.2) is 30.3 Å². The van der Waals surface area contributed by atoms with E-state index in [0.29, 0.717) is 17.1 Å². The van der Waals surface area contributed by atoms with Gasteiger partial charge in [-0.25, -0.2) is 0 Å². The third-order valence-electron chi connectivity index (χ3n) is 4.00. The lowest BCUT2D eigenvalue weighted by Gasteiger charge is -2.40. The second kappa shape index (κ2) is 5.11. The fourth-order valence-electron chi connectivity index (χ4n) is 2.42. The van der Waals surface area contributed by atoms with Crippen molar-refractivity contribution < 1.29 is 4.79 Å². The third-order valence-corrected chi connectivity index (χ3v) is 4.00. The van der Waals surface area contributed by atoms with Gasteiger partial charge in [0.2, 0.25) is 0 Å². The minimum Gasteiger partial charge on any atom is -0.304 e. The molecule has 1 rings (SSSR count). The first-order valence-corrected chi connectivity index (χ1v) is 6.23. The molecule has 1 aliphatic carbocycles. The predicted octanol–water partition coefficient (Wildman–Crippen LogP) is 2.72. The molecule has 0 bridgehead atoms. The van der Waals surface area contributed by atoms with Crippen LogP contribution >= 0.6 is 0 Å². The van der Waals surface area contributed by atoms with E-state index >= 15 is 0 Å². The Kier molecular flexibility index (Phi) is 4.32. The molecule has 1 fully saturated rings. The van der Waals surface area contributed by atoms with E-state index in [1.807, 2.05) is 0 Å². The van der Waals surface area contributed by atoms with Crippen LogP contribution in [0.1, 0.15) is 47.0 Å². The minimum absolute atomic E-state index is 0.344. The van der Waals surface area contributed by atoms with Crippen LogP contribution in [0.2, 0.25) is 0 Å². The molecule has 1 saturated carbocycles. The lowest BCUT2D eigenvalue weighted by atomic mass is 9.68. The fraction of sp³-hybridized carbons (Fsp3) is 0.923. The second-order valence-corrected chi connectivity index (χ2v) is 5.41. The van der Waals surface area contributed by atoms with Gasteiger partial charge >= 0.3 is 0 Å². The molecule has 15 heavy (non-hydrogen) atoms. The molecular formula is C13H25NO. The first-order chi connectivity index (χ1) is 6.99. The van der Waals surface area contributed by atoms with E-state index in [1.54, 1.807) is 0 Å². The molecule has 0 heterocycles. The number of Topliss-reactive ketones (excluding diaryl/α,β-unsaturated/α-hetero) is 1. The van der Waals surface area contributed by atoms with Crippen molar-refractivity contribution in [3.05, 3.63) is 0 Å². The summed E-state index contributed by atoms with van der Waals surface area (Å²) in [5.41, 5.74) is 0.344. The molecule has 0 aromatic rings. The molecule has 1 aliphatic rings. The van der Waals surface area contributed by atoms with Gasteiger partial charge in [-0.1, -0.05) is 27.7 Å². The third kappa shape index (κ3) is 3.30. The largest absolute Gasteiger partial charge is 0.304 e. The lowest BCUT2D eigenvalue weighted by molar-refractivity contribution is -0.124. The van der Waals surface area contributed by atoms with E-state index in [1.165, 1.54) is 0 Å². The highest BCUT2D eigenvalue weighted by atomic mass is 16.1. The highest BCUT2D eigenvalue weighted by Crippen LogP contribution is 2.39. The first kappa shape index (κ1) is 12.7. The van der Waals surface area contributed by atoms with Gasteiger partial charge < -0.3 is 4.90 Å². The topological polar surface area (TPSA) is 20.3 Å². The maximum atomic E-state index is 11.5. The van der Waals surface area contributed by atoms with Gasteiger partial charge in [0.1, 0.15) is 5.78 Å². The summed E-state index contributed by atoms with van der Waals surface area (Å²) in [7, 11) is 0. The highest BCUT2D eigenvalue weighted by Gasteiger charge is 2.36. The fourth-order valence-corrected chi connectivity index (χ4v) is 2.42. The molecule has 2 nitrogen and oxygen atoms in total. The summed E-state index contributed by atoms with van der Waals surface area (Å²) in [4.78, 5) is 13.9. The quantitative estimate of drug-likeness (QED) is 0.712. The van der Waals surface area contributed by atoms with E-state index in [2.05, 4.69) is 32.6 Å². The van der Waals surface area contributed by atoms with Crippen molar-refractivity contribution in [2.45, 2.75) is 47.0 Å². The molecule has 0 radical (unpaired) electrons. The molecule has 0 saturated heterocycles. The molecule has 0 aliphatic heterocycles.